The Labute approximate surface area is 214 Å². The number of nitrogens with one attached hydrogen (secondary N) is 1. The number of aromatic nitrogens is 2. The Bertz CT molecular complexity index is 688. The van der Waals surface area contributed by atoms with Crippen LogP contribution in [0.15, 0.2) is 21.9 Å². The van der Waals surface area contributed by atoms with Crippen LogP contribution in [0, 0.1) is 0 Å². The molecular weight excluding hydrogens is 389 g/mol. The van der Waals surface area contributed by atoms with Crippen LogP contribution in [0.1, 0.15) is 6.23 Å². The van der Waals surface area contributed by atoms with Crippen molar-refractivity contribution in [3.8, 4) is 0 Å². The van der Waals surface area contributed by atoms with Crippen LogP contribution in [0.5, 0.6) is 0 Å². The Kier molecular flexibility index (Phi) is 10.6. The van der Waals surface area contributed by atoms with Gasteiger partial charge in [0.1, 0.15) is 18.3 Å². The van der Waals surface area contributed by atoms with E-state index in [9.17, 15) is 29.5 Å². The summed E-state index contributed by atoms with van der Waals surface area (Å²) in [4.78, 5) is 42.1. The molecule has 1 saturated heterocycles. The fourth-order valence-electron chi connectivity index (χ4n) is 1.98. The Morgan fingerprint density at radius 2 is 1.78 bits per heavy atom. The molecule has 0 spiro atoms. The number of aliphatic hydroxyl groups excluding tert-OH is 3. The molecule has 1 aliphatic rings. The molecule has 2 rings (SSSR count). The van der Waals surface area contributed by atoms with Crippen molar-refractivity contribution in [1.82, 2.24) is 9.55 Å². The summed E-state index contributed by atoms with van der Waals surface area (Å²) in [5.74, 6) is -2.37. The van der Waals surface area contributed by atoms with Gasteiger partial charge >= 0.3 is 116 Å². The molecule has 0 bridgehead atoms. The van der Waals surface area contributed by atoms with Gasteiger partial charge in [-0.2, -0.15) is 0 Å². The summed E-state index contributed by atoms with van der Waals surface area (Å²) in [6, 6.07) is 0.955. The summed E-state index contributed by atoms with van der Waals surface area (Å²) >= 11 is 0. The third kappa shape index (κ3) is 5.71. The molecule has 0 aromatic carbocycles. The molecule has 0 saturated carbocycles. The molecule has 122 valence electrons. The van der Waals surface area contributed by atoms with Crippen molar-refractivity contribution in [3.63, 3.8) is 0 Å². The number of aliphatic hydroxyl groups is 3. The van der Waals surface area contributed by atoms with Gasteiger partial charge in [-0.15, -0.1) is 0 Å². The van der Waals surface area contributed by atoms with E-state index in [-0.39, 0.29) is 103 Å². The summed E-state index contributed by atoms with van der Waals surface area (Å²) in [5.41, 5.74) is -1.65. The summed E-state index contributed by atoms with van der Waals surface area (Å²) in [7, 11) is -4.99. The van der Waals surface area contributed by atoms with Gasteiger partial charge in [-0.25, -0.2) is 4.79 Å². The molecule has 0 unspecified atom stereocenters. The van der Waals surface area contributed by atoms with Gasteiger partial charge in [0.25, 0.3) is 5.56 Å². The minimum absolute atomic E-state index is 0. The topological polar surface area (TPSA) is 182 Å². The third-order valence-corrected chi connectivity index (χ3v) is 4.02. The summed E-state index contributed by atoms with van der Waals surface area (Å²) in [5, 5.41) is 28.9. The molecule has 6 N–H and O–H groups in total. The van der Waals surface area contributed by atoms with Crippen LogP contribution >= 0.6 is 7.60 Å². The van der Waals surface area contributed by atoms with Gasteiger partial charge in [0.05, 0.1) is 0 Å². The van der Waals surface area contributed by atoms with Gasteiger partial charge in [0.15, 0.2) is 12.1 Å². The number of hydrogen-bond acceptors (Lipinski definition) is 7. The van der Waals surface area contributed by atoms with E-state index in [2.05, 4.69) is 0 Å². The van der Waals surface area contributed by atoms with E-state index in [1.54, 1.807) is 0 Å². The Morgan fingerprint density at radius 3 is 2.26 bits per heavy atom. The molecule has 0 radical (unpaired) electrons. The molecule has 1 aromatic heterocycles. The Hall–Kier alpha value is 1.94. The molecule has 1 aromatic rings. The fourth-order valence-corrected chi connectivity index (χ4v) is 2.61. The zero-order valence-corrected chi connectivity index (χ0v) is 11.2. The number of ether oxygens (including phenoxy) is 1. The molecular formula is C9H15K2N2O9P. The molecule has 5 atom stereocenters. The van der Waals surface area contributed by atoms with Crippen LogP contribution in [0.4, 0.5) is 0 Å². The van der Waals surface area contributed by atoms with Crippen LogP contribution in [0.25, 0.3) is 0 Å². The van der Waals surface area contributed by atoms with Crippen LogP contribution in [-0.4, -0.2) is 162 Å². The zero-order chi connectivity index (χ0) is 15.9. The number of aromatic amines is 1. The fraction of sp³-hybridized carbons (Fsp3) is 0.556. The van der Waals surface area contributed by atoms with Crippen LogP contribution < -0.4 is 11.2 Å². The van der Waals surface area contributed by atoms with E-state index >= 15 is 0 Å². The van der Waals surface area contributed by atoms with Crippen LogP contribution in [0.2, 0.25) is 0 Å². The van der Waals surface area contributed by atoms with E-state index in [1.807, 2.05) is 4.98 Å². The van der Waals surface area contributed by atoms with Gasteiger partial charge in [-0.1, -0.05) is 0 Å². The second kappa shape index (κ2) is 9.76. The Morgan fingerprint density at radius 1 is 1.22 bits per heavy atom. The molecule has 1 aliphatic heterocycles. The van der Waals surface area contributed by atoms with Gasteiger partial charge in [-0.3, -0.25) is 18.9 Å². The van der Waals surface area contributed by atoms with E-state index in [0.717, 1.165) is 16.8 Å². The van der Waals surface area contributed by atoms with Gasteiger partial charge in [-0.05, 0) is 0 Å². The van der Waals surface area contributed by atoms with Crippen LogP contribution in [0.3, 0.4) is 0 Å². The summed E-state index contributed by atoms with van der Waals surface area (Å²) in [6.07, 6.45) is -5.91. The van der Waals surface area contributed by atoms with Crippen molar-refractivity contribution in [1.29, 1.82) is 0 Å². The monoisotopic (exact) mass is 404 g/mol. The first-order valence-electron chi connectivity index (χ1n) is 5.69. The summed E-state index contributed by atoms with van der Waals surface area (Å²) < 4.78 is 16.7. The molecule has 0 amide bonds. The predicted octanol–water partition coefficient (Wildman–Crippen LogP) is -4.65. The molecule has 0 aliphatic carbocycles. The van der Waals surface area contributed by atoms with E-state index < -0.39 is 49.2 Å². The number of rotatable bonds is 3. The van der Waals surface area contributed by atoms with Crippen molar-refractivity contribution in [2.75, 3.05) is 0 Å². The van der Waals surface area contributed by atoms with Gasteiger partial charge in [0, 0.05) is 12.3 Å². The third-order valence-electron chi connectivity index (χ3n) is 3.04. The zero-order valence-electron chi connectivity index (χ0n) is 10.3. The number of hydrogen-bond donors (Lipinski definition) is 6. The van der Waals surface area contributed by atoms with Crippen molar-refractivity contribution >= 4 is 110 Å². The minimum atomic E-state index is -4.99. The van der Waals surface area contributed by atoms with E-state index in [0.29, 0.717) is 0 Å². The van der Waals surface area contributed by atoms with Crippen molar-refractivity contribution in [2.45, 2.75) is 30.4 Å². The SMILES string of the molecule is O=c1ccn([C@@H]2O[C@H]([C@H](O)P(=O)(O)O)[C@@H](O)[C@H]2O)c(=O)[nH]1.[KH].[KH]. The van der Waals surface area contributed by atoms with Crippen molar-refractivity contribution in [3.05, 3.63) is 33.1 Å². The maximum atomic E-state index is 11.6. The standard InChI is InChI=1S/C9H13N2O9P.2K.2H/c12-3-1-2-11(9(16)10-3)7-5(14)4(13)6(20-7)8(15)21(17,18)19;;;;/h1-2,4-8,13-15H,(H,10,12,16)(H2,17,18,19);;;;/t4-,5+,6-,7+,8+;;;;/m0..../s1. The molecule has 2 heterocycles. The average molecular weight is 404 g/mol. The van der Waals surface area contributed by atoms with E-state index in [1.165, 1.54) is 0 Å². The second-order valence-corrected chi connectivity index (χ2v) is 6.20. The van der Waals surface area contributed by atoms with Crippen LogP contribution in [-0.2, 0) is 9.30 Å². The molecule has 1 fully saturated rings. The molecule has 14 heteroatoms. The second-order valence-electron chi connectivity index (χ2n) is 4.49. The van der Waals surface area contributed by atoms with Crippen molar-refractivity contribution in [2.24, 2.45) is 0 Å². The molecule has 23 heavy (non-hydrogen) atoms. The first-order chi connectivity index (χ1) is 9.62. The van der Waals surface area contributed by atoms with Crippen molar-refractivity contribution < 1.29 is 34.4 Å². The maximum absolute atomic E-state index is 11.6. The number of nitrogens with zero attached hydrogens (tertiary/aromatic N) is 1. The van der Waals surface area contributed by atoms with Gasteiger partial charge < -0.3 is 29.8 Å². The average Bonchev–Trinajstić information content (AvgIpc) is 2.65. The first kappa shape index (κ1) is 24.9. The first-order valence-corrected chi connectivity index (χ1v) is 7.37. The summed E-state index contributed by atoms with van der Waals surface area (Å²) in [6.45, 7) is 0. The normalized spacial score (nSPS) is 28.6. The quantitative estimate of drug-likeness (QED) is 0.213. The predicted molar refractivity (Wildman–Crippen MR) is 79.6 cm³/mol. The van der Waals surface area contributed by atoms with E-state index in [4.69, 9.17) is 14.5 Å². The molecule has 11 nitrogen and oxygen atoms in total. The Balaban J connectivity index is 0.00000242. The number of H-pyrrole nitrogens is 1. The van der Waals surface area contributed by atoms with Gasteiger partial charge in [0.2, 0.25) is 0 Å².